The zero-order chi connectivity index (χ0) is 14.4. The Morgan fingerprint density at radius 1 is 1.26 bits per heavy atom. The summed E-state index contributed by atoms with van der Waals surface area (Å²) in [6.07, 6.45) is 1.72. The minimum absolute atomic E-state index is 0.238. The fourth-order valence-corrected chi connectivity index (χ4v) is 2.60. The maximum atomic E-state index is 11.0. The quantitative estimate of drug-likeness (QED) is 0.606. The van der Waals surface area contributed by atoms with Crippen LogP contribution in [0.3, 0.4) is 0 Å². The number of nitrogens with one attached hydrogen (secondary N) is 1. The molecule has 1 N–H and O–H groups in total. The molecule has 0 saturated carbocycles. The van der Waals surface area contributed by atoms with Gasteiger partial charge in [0.05, 0.1) is 4.92 Å². The number of hydrogen-bond acceptors (Lipinski definition) is 3. The van der Waals surface area contributed by atoms with Crippen LogP contribution >= 0.6 is 0 Å². The van der Waals surface area contributed by atoms with E-state index in [0.29, 0.717) is 17.9 Å². The van der Waals surface area contributed by atoms with Crippen LogP contribution in [0.5, 0.6) is 0 Å². The molecule has 0 aliphatic rings. The second-order valence-corrected chi connectivity index (χ2v) is 5.41. The molecule has 0 radical (unpaired) electrons. The van der Waals surface area contributed by atoms with Gasteiger partial charge in [0.15, 0.2) is 0 Å². The van der Waals surface area contributed by atoms with Crippen molar-refractivity contribution in [2.24, 2.45) is 11.8 Å². The average molecular weight is 264 g/mol. The molecular formula is C15H24N2O2. The summed E-state index contributed by atoms with van der Waals surface area (Å²) < 4.78 is 0. The van der Waals surface area contributed by atoms with Crippen molar-refractivity contribution in [1.29, 1.82) is 0 Å². The van der Waals surface area contributed by atoms with E-state index in [9.17, 15) is 10.1 Å². The van der Waals surface area contributed by atoms with Crippen LogP contribution in [0.1, 0.15) is 32.8 Å². The van der Waals surface area contributed by atoms with Gasteiger partial charge in [-0.1, -0.05) is 32.0 Å². The Morgan fingerprint density at radius 2 is 1.89 bits per heavy atom. The first-order chi connectivity index (χ1) is 8.97. The number of rotatable bonds is 7. The molecule has 2 unspecified atom stereocenters. The molecule has 1 aromatic carbocycles. The van der Waals surface area contributed by atoms with Crippen LogP contribution in [-0.2, 0) is 6.42 Å². The van der Waals surface area contributed by atoms with Crippen LogP contribution < -0.4 is 5.32 Å². The van der Waals surface area contributed by atoms with E-state index in [1.54, 1.807) is 12.1 Å². The summed E-state index contributed by atoms with van der Waals surface area (Å²) in [5, 5.41) is 14.3. The van der Waals surface area contributed by atoms with Crippen LogP contribution in [0, 0.1) is 22.0 Å². The summed E-state index contributed by atoms with van der Waals surface area (Å²) in [5.74, 6) is 1.08. The van der Waals surface area contributed by atoms with E-state index < -0.39 is 0 Å². The lowest BCUT2D eigenvalue weighted by Gasteiger charge is -2.27. The van der Waals surface area contributed by atoms with Gasteiger partial charge in [-0.25, -0.2) is 0 Å². The molecule has 0 heterocycles. The van der Waals surface area contributed by atoms with Gasteiger partial charge in [0.2, 0.25) is 0 Å². The Labute approximate surface area is 115 Å². The lowest BCUT2D eigenvalue weighted by Crippen LogP contribution is -2.34. The summed E-state index contributed by atoms with van der Waals surface area (Å²) in [7, 11) is 1.96. The van der Waals surface area contributed by atoms with Crippen molar-refractivity contribution in [2.75, 3.05) is 7.05 Å². The SMILES string of the molecule is CNC(C)C(CCc1ccccc1[N+](=O)[O-])C(C)C. The van der Waals surface area contributed by atoms with Crippen molar-refractivity contribution in [3.63, 3.8) is 0 Å². The van der Waals surface area contributed by atoms with Crippen molar-refractivity contribution in [1.82, 2.24) is 5.32 Å². The smallest absolute Gasteiger partial charge is 0.272 e. The number of aryl methyl sites for hydroxylation is 1. The molecular weight excluding hydrogens is 240 g/mol. The first kappa shape index (κ1) is 15.6. The topological polar surface area (TPSA) is 55.2 Å². The highest BCUT2D eigenvalue weighted by Gasteiger charge is 2.21. The summed E-state index contributed by atoms with van der Waals surface area (Å²) >= 11 is 0. The predicted octanol–water partition coefficient (Wildman–Crippen LogP) is 3.41. The summed E-state index contributed by atoms with van der Waals surface area (Å²) in [6, 6.07) is 7.45. The van der Waals surface area contributed by atoms with Gasteiger partial charge in [-0.2, -0.15) is 0 Å². The number of hydrogen-bond donors (Lipinski definition) is 1. The van der Waals surface area contributed by atoms with E-state index in [2.05, 4.69) is 26.1 Å². The second-order valence-electron chi connectivity index (χ2n) is 5.41. The van der Waals surface area contributed by atoms with E-state index in [-0.39, 0.29) is 10.6 Å². The maximum absolute atomic E-state index is 11.0. The van der Waals surface area contributed by atoms with Gasteiger partial charge in [0.1, 0.15) is 0 Å². The summed E-state index contributed by atoms with van der Waals surface area (Å²) in [4.78, 5) is 10.7. The van der Waals surface area contributed by atoms with Gasteiger partial charge in [-0.3, -0.25) is 10.1 Å². The molecule has 4 nitrogen and oxygen atoms in total. The second kappa shape index (κ2) is 7.24. The number of nitrogens with zero attached hydrogens (tertiary/aromatic N) is 1. The zero-order valence-electron chi connectivity index (χ0n) is 12.2. The predicted molar refractivity (Wildman–Crippen MR) is 78.3 cm³/mol. The van der Waals surface area contributed by atoms with E-state index in [1.807, 2.05) is 19.2 Å². The number of nitro benzene ring substituents is 1. The van der Waals surface area contributed by atoms with E-state index >= 15 is 0 Å². The minimum Gasteiger partial charge on any atom is -0.317 e. The zero-order valence-corrected chi connectivity index (χ0v) is 12.2. The molecule has 2 atom stereocenters. The molecule has 0 amide bonds. The highest BCUT2D eigenvalue weighted by Crippen LogP contribution is 2.25. The van der Waals surface area contributed by atoms with E-state index in [0.717, 1.165) is 18.4 Å². The highest BCUT2D eigenvalue weighted by atomic mass is 16.6. The van der Waals surface area contributed by atoms with Gasteiger partial charge < -0.3 is 5.32 Å². The standard InChI is InChI=1S/C15H24N2O2/c1-11(2)14(12(3)16-4)10-9-13-7-5-6-8-15(13)17(18)19/h5-8,11-12,14,16H,9-10H2,1-4H3. The average Bonchev–Trinajstić information content (AvgIpc) is 2.38. The fraction of sp³-hybridized carbons (Fsp3) is 0.600. The Morgan fingerprint density at radius 3 is 2.42 bits per heavy atom. The first-order valence-corrected chi connectivity index (χ1v) is 6.87. The van der Waals surface area contributed by atoms with Crippen LogP contribution in [0.15, 0.2) is 24.3 Å². The van der Waals surface area contributed by atoms with Crippen LogP contribution in [-0.4, -0.2) is 18.0 Å². The molecule has 106 valence electrons. The lowest BCUT2D eigenvalue weighted by molar-refractivity contribution is -0.385. The molecule has 0 spiro atoms. The lowest BCUT2D eigenvalue weighted by atomic mass is 9.84. The Balaban J connectivity index is 2.77. The minimum atomic E-state index is -0.290. The van der Waals surface area contributed by atoms with Gasteiger partial charge in [0.25, 0.3) is 5.69 Å². The Kier molecular flexibility index (Phi) is 5.96. The molecule has 0 saturated heterocycles. The van der Waals surface area contributed by atoms with Crippen LogP contribution in [0.25, 0.3) is 0 Å². The van der Waals surface area contributed by atoms with Crippen molar-refractivity contribution < 1.29 is 4.92 Å². The molecule has 0 fully saturated rings. The largest absolute Gasteiger partial charge is 0.317 e. The Hall–Kier alpha value is -1.42. The third-order valence-corrected chi connectivity index (χ3v) is 3.89. The van der Waals surface area contributed by atoms with Crippen LogP contribution in [0.2, 0.25) is 0 Å². The Bertz CT molecular complexity index is 418. The molecule has 4 heteroatoms. The molecule has 1 rings (SSSR count). The molecule has 0 bridgehead atoms. The third kappa shape index (κ3) is 4.31. The van der Waals surface area contributed by atoms with Gasteiger partial charge in [-0.15, -0.1) is 0 Å². The van der Waals surface area contributed by atoms with Crippen molar-refractivity contribution in [3.05, 3.63) is 39.9 Å². The van der Waals surface area contributed by atoms with Crippen LogP contribution in [0.4, 0.5) is 5.69 Å². The normalized spacial score (nSPS) is 14.4. The fourth-order valence-electron chi connectivity index (χ4n) is 2.60. The van der Waals surface area contributed by atoms with Gasteiger partial charge in [0, 0.05) is 17.7 Å². The van der Waals surface area contributed by atoms with Crippen molar-refractivity contribution in [2.45, 2.75) is 39.7 Å². The van der Waals surface area contributed by atoms with E-state index in [1.165, 1.54) is 0 Å². The molecule has 1 aromatic rings. The highest BCUT2D eigenvalue weighted by molar-refractivity contribution is 5.39. The third-order valence-electron chi connectivity index (χ3n) is 3.89. The van der Waals surface area contributed by atoms with Gasteiger partial charge in [-0.05, 0) is 38.6 Å². The monoisotopic (exact) mass is 264 g/mol. The first-order valence-electron chi connectivity index (χ1n) is 6.87. The number of para-hydroxylation sites is 1. The summed E-state index contributed by atoms with van der Waals surface area (Å²) in [5.41, 5.74) is 1.07. The van der Waals surface area contributed by atoms with Crippen molar-refractivity contribution >= 4 is 5.69 Å². The van der Waals surface area contributed by atoms with Crippen molar-refractivity contribution in [3.8, 4) is 0 Å². The van der Waals surface area contributed by atoms with E-state index in [4.69, 9.17) is 0 Å². The molecule has 0 aliphatic heterocycles. The number of benzene rings is 1. The molecule has 0 aromatic heterocycles. The van der Waals surface area contributed by atoms with Gasteiger partial charge >= 0.3 is 0 Å². The summed E-state index contributed by atoms with van der Waals surface area (Å²) in [6.45, 7) is 6.58. The molecule has 0 aliphatic carbocycles. The molecule has 19 heavy (non-hydrogen) atoms. The number of nitro groups is 1. The maximum Gasteiger partial charge on any atom is 0.272 e.